The number of primary amides is 1. The molecule has 28 heavy (non-hydrogen) atoms. The first-order chi connectivity index (χ1) is 13.1. The van der Waals surface area contributed by atoms with Gasteiger partial charge in [-0.2, -0.15) is 0 Å². The molecule has 1 aliphatic carbocycles. The summed E-state index contributed by atoms with van der Waals surface area (Å²) in [6, 6.07) is 0. The minimum atomic E-state index is -0.483. The number of rotatable bonds is 3. The van der Waals surface area contributed by atoms with E-state index in [1.54, 1.807) is 6.20 Å². The molecule has 4 rings (SSSR count). The summed E-state index contributed by atoms with van der Waals surface area (Å²) < 4.78 is 1.84. The maximum atomic E-state index is 12.8. The van der Waals surface area contributed by atoms with Gasteiger partial charge in [-0.25, -0.2) is 4.98 Å². The smallest absolute Gasteiger partial charge is 0.276 e. The number of nitrogens with zero attached hydrogens (tertiary/aromatic N) is 2. The molecular weight excluding hydrogens is 392 g/mol. The van der Waals surface area contributed by atoms with Crippen molar-refractivity contribution in [2.45, 2.75) is 47.0 Å². The van der Waals surface area contributed by atoms with Crippen LogP contribution in [-0.2, 0) is 12.8 Å². The van der Waals surface area contributed by atoms with E-state index in [-0.39, 0.29) is 11.3 Å². The summed E-state index contributed by atoms with van der Waals surface area (Å²) >= 11 is 3.01. The van der Waals surface area contributed by atoms with E-state index >= 15 is 0 Å². The van der Waals surface area contributed by atoms with E-state index in [2.05, 4.69) is 31.1 Å². The van der Waals surface area contributed by atoms with E-state index in [1.807, 2.05) is 17.5 Å². The molecule has 8 heteroatoms. The van der Waals surface area contributed by atoms with Gasteiger partial charge in [-0.3, -0.25) is 14.0 Å². The van der Waals surface area contributed by atoms with E-state index in [0.29, 0.717) is 22.2 Å². The van der Waals surface area contributed by atoms with Crippen molar-refractivity contribution in [3.8, 4) is 0 Å². The molecule has 3 N–H and O–H groups in total. The summed E-state index contributed by atoms with van der Waals surface area (Å²) in [4.78, 5) is 32.4. The first-order valence-corrected chi connectivity index (χ1v) is 11.0. The third-order valence-electron chi connectivity index (χ3n) is 5.47. The van der Waals surface area contributed by atoms with Gasteiger partial charge in [0.2, 0.25) is 0 Å². The number of aromatic nitrogens is 2. The van der Waals surface area contributed by atoms with Crippen LogP contribution in [0.15, 0.2) is 12.4 Å². The predicted molar refractivity (Wildman–Crippen MR) is 114 cm³/mol. The lowest BCUT2D eigenvalue weighted by atomic mass is 9.72. The van der Waals surface area contributed by atoms with Crippen LogP contribution in [0.5, 0.6) is 0 Å². The number of carbonyl (C=O) groups excluding carboxylic acids is 2. The molecule has 3 heterocycles. The Bertz CT molecular complexity index is 1050. The van der Waals surface area contributed by atoms with Gasteiger partial charge < -0.3 is 11.1 Å². The molecule has 3 aromatic rings. The number of thiazole rings is 1. The summed E-state index contributed by atoms with van der Waals surface area (Å²) in [6.07, 6.45) is 6.41. The van der Waals surface area contributed by atoms with Gasteiger partial charge in [-0.1, -0.05) is 20.8 Å². The molecule has 2 amide bonds. The fraction of sp³-hybridized carbons (Fsp3) is 0.450. The van der Waals surface area contributed by atoms with Crippen molar-refractivity contribution < 1.29 is 9.59 Å². The lowest BCUT2D eigenvalue weighted by Gasteiger charge is -2.33. The van der Waals surface area contributed by atoms with Crippen LogP contribution in [0, 0.1) is 18.3 Å². The Morgan fingerprint density at radius 1 is 1.29 bits per heavy atom. The number of nitrogens with two attached hydrogens (primary N) is 1. The first kappa shape index (κ1) is 19.1. The summed E-state index contributed by atoms with van der Waals surface area (Å²) in [5, 5.41) is 3.44. The molecule has 0 spiro atoms. The molecule has 0 radical (unpaired) electrons. The molecule has 1 atom stereocenters. The molecular formula is C20H24N4O2S2. The fourth-order valence-electron chi connectivity index (χ4n) is 3.86. The second kappa shape index (κ2) is 6.70. The van der Waals surface area contributed by atoms with Gasteiger partial charge in [0.25, 0.3) is 11.8 Å². The molecule has 0 saturated heterocycles. The molecule has 3 aromatic heterocycles. The van der Waals surface area contributed by atoms with E-state index < -0.39 is 5.91 Å². The van der Waals surface area contributed by atoms with Crippen LogP contribution in [-0.4, -0.2) is 21.2 Å². The Balaban J connectivity index is 1.64. The van der Waals surface area contributed by atoms with Crippen LogP contribution in [0.3, 0.4) is 0 Å². The molecule has 6 nitrogen and oxygen atoms in total. The van der Waals surface area contributed by atoms with Crippen molar-refractivity contribution >= 4 is 44.4 Å². The Morgan fingerprint density at radius 3 is 2.68 bits per heavy atom. The molecule has 148 valence electrons. The van der Waals surface area contributed by atoms with Crippen molar-refractivity contribution in [3.05, 3.63) is 39.0 Å². The number of thiophene rings is 1. The minimum absolute atomic E-state index is 0.207. The van der Waals surface area contributed by atoms with Gasteiger partial charge in [0.15, 0.2) is 4.96 Å². The molecule has 0 fully saturated rings. The van der Waals surface area contributed by atoms with Gasteiger partial charge in [0, 0.05) is 22.1 Å². The lowest BCUT2D eigenvalue weighted by Crippen LogP contribution is -2.27. The number of nitrogens with one attached hydrogen (secondary N) is 1. The zero-order chi connectivity index (χ0) is 20.2. The van der Waals surface area contributed by atoms with Crippen molar-refractivity contribution in [2.24, 2.45) is 17.1 Å². The highest BCUT2D eigenvalue weighted by Crippen LogP contribution is 2.44. The van der Waals surface area contributed by atoms with Gasteiger partial charge in [0.05, 0.1) is 5.56 Å². The van der Waals surface area contributed by atoms with Crippen molar-refractivity contribution in [2.75, 3.05) is 5.32 Å². The quantitative estimate of drug-likeness (QED) is 0.668. The third kappa shape index (κ3) is 3.35. The van der Waals surface area contributed by atoms with Crippen LogP contribution in [0.2, 0.25) is 0 Å². The average Bonchev–Trinajstić information content (AvgIpc) is 3.22. The number of imidazole rings is 1. The fourth-order valence-corrected chi connectivity index (χ4v) is 6.00. The van der Waals surface area contributed by atoms with Gasteiger partial charge in [0.1, 0.15) is 10.7 Å². The van der Waals surface area contributed by atoms with Crippen LogP contribution in [0.4, 0.5) is 5.00 Å². The third-order valence-corrected chi connectivity index (χ3v) is 7.55. The number of fused-ring (bicyclic) bond motifs is 2. The first-order valence-electron chi connectivity index (χ1n) is 9.34. The monoisotopic (exact) mass is 416 g/mol. The van der Waals surface area contributed by atoms with E-state index in [4.69, 9.17) is 5.73 Å². The zero-order valence-corrected chi connectivity index (χ0v) is 18.1. The van der Waals surface area contributed by atoms with Crippen molar-refractivity contribution in [1.29, 1.82) is 0 Å². The molecule has 0 bridgehead atoms. The SMILES string of the molecule is Cc1cn2cc(C(=O)Nc3sc4c(c3C(N)=O)CCC(C(C)(C)C)C4)nc2s1. The number of hydrogen-bond donors (Lipinski definition) is 2. The maximum absolute atomic E-state index is 12.8. The van der Waals surface area contributed by atoms with Crippen molar-refractivity contribution in [3.63, 3.8) is 0 Å². The number of amides is 2. The summed E-state index contributed by atoms with van der Waals surface area (Å²) in [5.41, 5.74) is 7.70. The molecule has 1 aliphatic rings. The lowest BCUT2D eigenvalue weighted by molar-refractivity contribution is 0.1000. The second-order valence-electron chi connectivity index (χ2n) is 8.49. The zero-order valence-electron chi connectivity index (χ0n) is 16.5. The minimum Gasteiger partial charge on any atom is -0.365 e. The van der Waals surface area contributed by atoms with E-state index in [1.165, 1.54) is 22.7 Å². The molecule has 1 unspecified atom stereocenters. The van der Waals surface area contributed by atoms with E-state index in [9.17, 15) is 9.59 Å². The summed E-state index contributed by atoms with van der Waals surface area (Å²) in [7, 11) is 0. The highest BCUT2D eigenvalue weighted by molar-refractivity contribution is 7.17. The van der Waals surface area contributed by atoms with Crippen LogP contribution < -0.4 is 11.1 Å². The normalized spacial score (nSPS) is 16.9. The maximum Gasteiger partial charge on any atom is 0.276 e. The van der Waals surface area contributed by atoms with Gasteiger partial charge in [-0.05, 0) is 43.1 Å². The second-order valence-corrected chi connectivity index (χ2v) is 10.8. The average molecular weight is 417 g/mol. The highest BCUT2D eigenvalue weighted by Gasteiger charge is 2.33. The topological polar surface area (TPSA) is 89.5 Å². The number of hydrogen-bond acceptors (Lipinski definition) is 5. The highest BCUT2D eigenvalue weighted by atomic mass is 32.1. The standard InChI is InChI=1S/C20H24N4O2S2/c1-10-8-24-9-13(22-19(24)27-10)17(26)23-18-15(16(21)25)12-6-5-11(20(2,3)4)7-14(12)28-18/h8-9,11H,5-7H2,1-4H3,(H2,21,25)(H,23,26). The predicted octanol–water partition coefficient (Wildman–Crippen LogP) is 4.27. The number of aryl methyl sites for hydroxylation is 1. The largest absolute Gasteiger partial charge is 0.365 e. The van der Waals surface area contributed by atoms with Gasteiger partial charge in [-0.15, -0.1) is 22.7 Å². The Labute approximate surface area is 171 Å². The Hall–Kier alpha value is -2.19. The molecule has 0 aromatic carbocycles. The van der Waals surface area contributed by atoms with Crippen LogP contribution >= 0.6 is 22.7 Å². The molecule has 0 aliphatic heterocycles. The number of anilines is 1. The van der Waals surface area contributed by atoms with Crippen LogP contribution in [0.1, 0.15) is 63.4 Å². The van der Waals surface area contributed by atoms with Crippen molar-refractivity contribution in [1.82, 2.24) is 9.38 Å². The number of carbonyl (C=O) groups is 2. The Morgan fingerprint density at radius 2 is 2.04 bits per heavy atom. The summed E-state index contributed by atoms with van der Waals surface area (Å²) in [5.74, 6) is -0.253. The Kier molecular flexibility index (Phi) is 4.58. The van der Waals surface area contributed by atoms with E-state index in [0.717, 1.165) is 39.5 Å². The molecule has 0 saturated carbocycles. The van der Waals surface area contributed by atoms with Crippen LogP contribution in [0.25, 0.3) is 4.96 Å². The summed E-state index contributed by atoms with van der Waals surface area (Å²) in [6.45, 7) is 8.75. The van der Waals surface area contributed by atoms with Gasteiger partial charge >= 0.3 is 0 Å².